The van der Waals surface area contributed by atoms with E-state index in [4.69, 9.17) is 4.74 Å². The van der Waals surface area contributed by atoms with Crippen LogP contribution in [-0.4, -0.2) is 20.3 Å². The van der Waals surface area contributed by atoms with Crippen molar-refractivity contribution < 1.29 is 13.2 Å². The summed E-state index contributed by atoms with van der Waals surface area (Å²) in [5.74, 6) is 0.680. The number of halogens is 1. The van der Waals surface area contributed by atoms with E-state index in [1.165, 1.54) is 0 Å². The van der Waals surface area contributed by atoms with Gasteiger partial charge in [-0.2, -0.15) is 0 Å². The van der Waals surface area contributed by atoms with E-state index >= 15 is 0 Å². The van der Waals surface area contributed by atoms with Gasteiger partial charge in [0.15, 0.2) is 0 Å². The van der Waals surface area contributed by atoms with E-state index in [-0.39, 0.29) is 6.04 Å². The molecule has 1 atom stereocenters. The van der Waals surface area contributed by atoms with Crippen LogP contribution in [0.2, 0.25) is 0 Å². The molecular weight excluding hydrogens is 330 g/mol. The lowest BCUT2D eigenvalue weighted by Crippen LogP contribution is -2.40. The first-order chi connectivity index (χ1) is 8.58. The number of hydrogen-bond donors (Lipinski definition) is 1. The molecule has 0 aliphatic heterocycles. The fourth-order valence-electron chi connectivity index (χ4n) is 1.42. The summed E-state index contributed by atoms with van der Waals surface area (Å²) in [6.07, 6.45) is 0. The number of methoxy groups -OCH3 is 1. The summed E-state index contributed by atoms with van der Waals surface area (Å²) >= 11 is 3.37. The van der Waals surface area contributed by atoms with Gasteiger partial charge in [0.05, 0.1) is 16.3 Å². The molecule has 0 aromatic heterocycles. The Bertz CT molecular complexity index is 549. The van der Waals surface area contributed by atoms with Crippen LogP contribution < -0.4 is 9.46 Å². The molecule has 0 spiro atoms. The third-order valence-corrected chi connectivity index (χ3v) is 5.74. The second kappa shape index (κ2) is 5.81. The molecule has 4 nitrogen and oxygen atoms in total. The van der Waals surface area contributed by atoms with Gasteiger partial charge in [-0.1, -0.05) is 6.07 Å². The van der Waals surface area contributed by atoms with Gasteiger partial charge in [-0.05, 0) is 61.3 Å². The van der Waals surface area contributed by atoms with Gasteiger partial charge < -0.3 is 4.74 Å². The van der Waals surface area contributed by atoms with E-state index in [2.05, 4.69) is 20.7 Å². The summed E-state index contributed by atoms with van der Waals surface area (Å²) in [4.78, 5) is 0. The maximum atomic E-state index is 12.1. The Morgan fingerprint density at radius 2 is 1.89 bits per heavy atom. The van der Waals surface area contributed by atoms with Crippen LogP contribution in [0.25, 0.3) is 0 Å². The molecule has 0 unspecified atom stereocenters. The third-order valence-electron chi connectivity index (χ3n) is 2.81. The summed E-state index contributed by atoms with van der Waals surface area (Å²) in [5.41, 5.74) is 0.855. The summed E-state index contributed by atoms with van der Waals surface area (Å²) in [5, 5.41) is 0. The van der Waals surface area contributed by atoms with Gasteiger partial charge in [0, 0.05) is 6.04 Å². The van der Waals surface area contributed by atoms with Crippen LogP contribution >= 0.6 is 15.9 Å². The molecule has 1 aromatic carbocycles. The largest absolute Gasteiger partial charge is 0.496 e. The number of sulfonamides is 1. The quantitative estimate of drug-likeness (QED) is 0.907. The smallest absolute Gasteiger partial charge is 0.217 e. The zero-order chi connectivity index (χ0) is 14.8. The van der Waals surface area contributed by atoms with Crippen molar-refractivity contribution in [2.24, 2.45) is 0 Å². The Morgan fingerprint density at radius 1 is 1.32 bits per heavy atom. The van der Waals surface area contributed by atoms with Crippen LogP contribution in [0.1, 0.15) is 39.3 Å². The molecule has 0 fully saturated rings. The topological polar surface area (TPSA) is 55.4 Å². The zero-order valence-electron chi connectivity index (χ0n) is 11.8. The Morgan fingerprint density at radius 3 is 2.37 bits per heavy atom. The third kappa shape index (κ3) is 3.94. The van der Waals surface area contributed by atoms with E-state index in [1.807, 2.05) is 25.1 Å². The van der Waals surface area contributed by atoms with Crippen molar-refractivity contribution in [2.75, 3.05) is 7.11 Å². The highest BCUT2D eigenvalue weighted by Gasteiger charge is 2.30. The first-order valence-corrected chi connectivity index (χ1v) is 8.21. The number of ether oxygens (including phenoxy) is 1. The molecule has 19 heavy (non-hydrogen) atoms. The van der Waals surface area contributed by atoms with Crippen LogP contribution in [0.5, 0.6) is 5.75 Å². The summed E-state index contributed by atoms with van der Waals surface area (Å²) in [7, 11) is -1.80. The predicted molar refractivity (Wildman–Crippen MR) is 80.9 cm³/mol. The standard InChI is InChI=1S/C13H20BrNO3S/c1-9(15-19(16,17)13(2,3)4)10-6-7-11(14)12(8-10)18-5/h6-9,15H,1-5H3/t9-/m1/s1. The summed E-state index contributed by atoms with van der Waals surface area (Å²) < 4.78 is 32.1. The molecule has 0 aliphatic rings. The van der Waals surface area contributed by atoms with Crippen LogP contribution in [0, 0.1) is 0 Å². The number of benzene rings is 1. The molecule has 1 N–H and O–H groups in total. The van der Waals surface area contributed by atoms with Crippen molar-refractivity contribution in [1.29, 1.82) is 0 Å². The first-order valence-electron chi connectivity index (χ1n) is 5.94. The van der Waals surface area contributed by atoms with Crippen LogP contribution in [-0.2, 0) is 10.0 Å². The lowest BCUT2D eigenvalue weighted by molar-refractivity contribution is 0.411. The molecule has 0 heterocycles. The lowest BCUT2D eigenvalue weighted by atomic mass is 10.1. The highest BCUT2D eigenvalue weighted by atomic mass is 79.9. The molecule has 1 aromatic rings. The lowest BCUT2D eigenvalue weighted by Gasteiger charge is -2.23. The first kappa shape index (κ1) is 16.5. The van der Waals surface area contributed by atoms with Gasteiger partial charge in [0.1, 0.15) is 5.75 Å². The minimum Gasteiger partial charge on any atom is -0.496 e. The van der Waals surface area contributed by atoms with Gasteiger partial charge in [-0.15, -0.1) is 0 Å². The van der Waals surface area contributed by atoms with Gasteiger partial charge in [0.25, 0.3) is 0 Å². The normalized spacial score (nSPS) is 14.2. The maximum Gasteiger partial charge on any atom is 0.217 e. The van der Waals surface area contributed by atoms with E-state index in [0.717, 1.165) is 10.0 Å². The molecule has 0 bridgehead atoms. The van der Waals surface area contributed by atoms with Gasteiger partial charge in [0.2, 0.25) is 10.0 Å². The molecule has 0 amide bonds. The highest BCUT2D eigenvalue weighted by molar-refractivity contribution is 9.10. The SMILES string of the molecule is COc1cc([C@@H](C)NS(=O)(=O)C(C)(C)C)ccc1Br. The average Bonchev–Trinajstić information content (AvgIpc) is 2.27. The molecule has 0 radical (unpaired) electrons. The van der Waals surface area contributed by atoms with Crippen molar-refractivity contribution in [3.8, 4) is 5.75 Å². The van der Waals surface area contributed by atoms with E-state index in [9.17, 15) is 8.42 Å². The monoisotopic (exact) mass is 349 g/mol. The molecule has 0 saturated carbocycles. The molecule has 108 valence electrons. The van der Waals surface area contributed by atoms with Crippen molar-refractivity contribution >= 4 is 26.0 Å². The Labute approximate surface area is 123 Å². The molecule has 1 rings (SSSR count). The van der Waals surface area contributed by atoms with Gasteiger partial charge >= 0.3 is 0 Å². The Hall–Kier alpha value is -0.590. The van der Waals surface area contributed by atoms with Crippen LogP contribution in [0.15, 0.2) is 22.7 Å². The van der Waals surface area contributed by atoms with Crippen molar-refractivity contribution in [3.63, 3.8) is 0 Å². The number of hydrogen-bond acceptors (Lipinski definition) is 3. The van der Waals surface area contributed by atoms with Crippen LogP contribution in [0.3, 0.4) is 0 Å². The summed E-state index contributed by atoms with van der Waals surface area (Å²) in [6, 6.07) is 5.21. The van der Waals surface area contributed by atoms with Crippen molar-refractivity contribution in [3.05, 3.63) is 28.2 Å². The van der Waals surface area contributed by atoms with E-state index in [1.54, 1.807) is 27.9 Å². The minimum absolute atomic E-state index is 0.314. The number of nitrogens with one attached hydrogen (secondary N) is 1. The molecule has 6 heteroatoms. The number of rotatable bonds is 4. The van der Waals surface area contributed by atoms with Crippen molar-refractivity contribution in [1.82, 2.24) is 4.72 Å². The second-order valence-electron chi connectivity index (χ2n) is 5.35. The van der Waals surface area contributed by atoms with E-state index in [0.29, 0.717) is 5.75 Å². The average molecular weight is 350 g/mol. The van der Waals surface area contributed by atoms with Gasteiger partial charge in [-0.25, -0.2) is 13.1 Å². The fourth-order valence-corrected chi connectivity index (χ4v) is 2.79. The summed E-state index contributed by atoms with van der Waals surface area (Å²) in [6.45, 7) is 6.82. The van der Waals surface area contributed by atoms with Crippen molar-refractivity contribution in [2.45, 2.75) is 38.5 Å². The highest BCUT2D eigenvalue weighted by Crippen LogP contribution is 2.29. The maximum absolute atomic E-state index is 12.1. The fraction of sp³-hybridized carbons (Fsp3) is 0.538. The van der Waals surface area contributed by atoms with E-state index < -0.39 is 14.8 Å². The zero-order valence-corrected chi connectivity index (χ0v) is 14.2. The van der Waals surface area contributed by atoms with Gasteiger partial charge in [-0.3, -0.25) is 0 Å². The molecule has 0 aliphatic carbocycles. The Balaban J connectivity index is 3.00. The molecule has 0 saturated heterocycles. The van der Waals surface area contributed by atoms with Crippen LogP contribution in [0.4, 0.5) is 0 Å². The molecular formula is C13H20BrNO3S. The minimum atomic E-state index is -3.38. The Kier molecular flexibility index (Phi) is 5.03. The predicted octanol–water partition coefficient (Wildman–Crippen LogP) is 3.24. The second-order valence-corrected chi connectivity index (χ2v) is 8.67.